The van der Waals surface area contributed by atoms with Crippen molar-refractivity contribution in [1.29, 1.82) is 0 Å². The highest BCUT2D eigenvalue weighted by molar-refractivity contribution is 8.76. The van der Waals surface area contributed by atoms with E-state index in [1.165, 1.54) is 26.4 Å². The quantitative estimate of drug-likeness (QED) is 0.0202. The van der Waals surface area contributed by atoms with Crippen molar-refractivity contribution in [1.82, 2.24) is 57.5 Å². The molecule has 0 bridgehead atoms. The number of benzene rings is 2. The third kappa shape index (κ3) is 19.7. The number of nitrogens with zero attached hydrogens (tertiary/aromatic N) is 3. The summed E-state index contributed by atoms with van der Waals surface area (Å²) in [6, 6.07) is 5.16. The van der Waals surface area contributed by atoms with Crippen molar-refractivity contribution >= 4 is 97.6 Å². The van der Waals surface area contributed by atoms with E-state index in [4.69, 9.17) is 28.7 Å². The van der Waals surface area contributed by atoms with Gasteiger partial charge in [-0.1, -0.05) is 70.1 Å². The first kappa shape index (κ1) is 60.5. The molecule has 78 heavy (non-hydrogen) atoms. The number of para-hydroxylation sites is 1. The number of fused-ring (bicyclic) bond motifs is 1. The Balaban J connectivity index is 1.55. The van der Waals surface area contributed by atoms with E-state index in [2.05, 4.69) is 67.5 Å². The first-order valence-corrected chi connectivity index (χ1v) is 27.4. The highest BCUT2D eigenvalue weighted by Gasteiger charge is 2.35. The Bertz CT molecular complexity index is 2770. The summed E-state index contributed by atoms with van der Waals surface area (Å²) >= 11 is 0. The second kappa shape index (κ2) is 30.4. The number of hydrogen-bond donors (Lipinski definition) is 15. The van der Waals surface area contributed by atoms with E-state index < -0.39 is 101 Å². The predicted molar refractivity (Wildman–Crippen MR) is 295 cm³/mol. The van der Waals surface area contributed by atoms with Gasteiger partial charge in [-0.2, -0.15) is 0 Å². The summed E-state index contributed by atoms with van der Waals surface area (Å²) in [5, 5.41) is 22.1. The largest absolute Gasteiger partial charge is 0.370 e. The first-order chi connectivity index (χ1) is 37.3. The minimum Gasteiger partial charge on any atom is -0.370 e. The van der Waals surface area contributed by atoms with Crippen LogP contribution in [0, 0.1) is 0 Å². The van der Waals surface area contributed by atoms with E-state index in [1.807, 2.05) is 18.2 Å². The summed E-state index contributed by atoms with van der Waals surface area (Å²) in [5.74, 6) is -7.96. The van der Waals surface area contributed by atoms with Crippen molar-refractivity contribution in [2.24, 2.45) is 38.7 Å². The van der Waals surface area contributed by atoms with E-state index in [0.29, 0.717) is 16.8 Å². The molecule has 0 unspecified atom stereocenters. The molecule has 1 aliphatic rings. The number of aromatic amines is 2. The third-order valence-electron chi connectivity index (χ3n) is 12.1. The fourth-order valence-electron chi connectivity index (χ4n) is 8.05. The van der Waals surface area contributed by atoms with Gasteiger partial charge in [0.15, 0.2) is 11.9 Å². The number of nitrogens with two attached hydrogens (primary N) is 5. The summed E-state index contributed by atoms with van der Waals surface area (Å²) < 4.78 is 0. The van der Waals surface area contributed by atoms with Gasteiger partial charge in [0.2, 0.25) is 53.2 Å². The average Bonchev–Trinajstić information content (AvgIpc) is 4.10. The summed E-state index contributed by atoms with van der Waals surface area (Å²) in [7, 11) is 2.02. The van der Waals surface area contributed by atoms with Gasteiger partial charge in [0.05, 0.1) is 6.33 Å². The van der Waals surface area contributed by atoms with Gasteiger partial charge in [-0.3, -0.25) is 53.1 Å². The van der Waals surface area contributed by atoms with Crippen LogP contribution in [0.3, 0.4) is 0 Å². The van der Waals surface area contributed by atoms with Gasteiger partial charge < -0.3 is 81.2 Å². The maximum atomic E-state index is 14.6. The molecule has 2 aromatic carbocycles. The van der Waals surface area contributed by atoms with Gasteiger partial charge in [0, 0.05) is 79.8 Å². The van der Waals surface area contributed by atoms with Crippen LogP contribution in [-0.4, -0.2) is 153 Å². The van der Waals surface area contributed by atoms with Crippen LogP contribution in [0.4, 0.5) is 0 Å². The van der Waals surface area contributed by atoms with Gasteiger partial charge in [-0.05, 0) is 49.8 Å². The second-order valence-electron chi connectivity index (χ2n) is 18.3. The molecule has 0 saturated carbocycles. The fraction of sp³-hybridized carbons (Fsp3) is 0.429. The van der Waals surface area contributed by atoms with Crippen LogP contribution in [0.5, 0.6) is 0 Å². The number of H-pyrrole nitrogens is 2. The lowest BCUT2D eigenvalue weighted by Gasteiger charge is -2.27. The molecule has 0 spiro atoms. The minimum absolute atomic E-state index is 0.0573. The van der Waals surface area contributed by atoms with Crippen molar-refractivity contribution < 1.29 is 43.2 Å². The zero-order valence-corrected chi connectivity index (χ0v) is 44.7. The van der Waals surface area contributed by atoms with Crippen LogP contribution in [0.15, 0.2) is 83.3 Å². The molecule has 5 rings (SSSR count). The summed E-state index contributed by atoms with van der Waals surface area (Å²) in [6.07, 6.45) is 4.53. The lowest BCUT2D eigenvalue weighted by atomic mass is 10.0. The Labute approximate surface area is 457 Å². The maximum absolute atomic E-state index is 14.6. The van der Waals surface area contributed by atoms with Crippen LogP contribution in [0.1, 0.15) is 56.4 Å². The van der Waals surface area contributed by atoms with Gasteiger partial charge >= 0.3 is 0 Å². The Morgan fingerprint density at radius 1 is 0.679 bits per heavy atom. The molecule has 8 atom stereocenters. The number of amides is 9. The van der Waals surface area contributed by atoms with E-state index in [-0.39, 0.29) is 81.5 Å². The Morgan fingerprint density at radius 3 is 1.92 bits per heavy atom. The number of aliphatic imine (C=N–C) groups is 2. The van der Waals surface area contributed by atoms with E-state index >= 15 is 0 Å². The van der Waals surface area contributed by atoms with Crippen LogP contribution in [0.25, 0.3) is 10.9 Å². The molecular formula is C49H68N18O9S2. The van der Waals surface area contributed by atoms with Gasteiger partial charge in [0.25, 0.3) is 0 Å². The third-order valence-corrected chi connectivity index (χ3v) is 14.5. The minimum atomic E-state index is -1.40. The monoisotopic (exact) mass is 1120 g/mol. The summed E-state index contributed by atoms with van der Waals surface area (Å²) in [5.41, 5.74) is 30.3. The molecule has 9 amide bonds. The van der Waals surface area contributed by atoms with E-state index in [9.17, 15) is 43.2 Å². The van der Waals surface area contributed by atoms with Crippen molar-refractivity contribution in [3.8, 4) is 0 Å². The molecule has 0 radical (unpaired) electrons. The van der Waals surface area contributed by atoms with Crippen molar-refractivity contribution in [2.75, 3.05) is 24.6 Å². The summed E-state index contributed by atoms with van der Waals surface area (Å²) in [4.78, 5) is 144. The van der Waals surface area contributed by atoms with Crippen LogP contribution in [0.2, 0.25) is 0 Å². The van der Waals surface area contributed by atoms with Crippen molar-refractivity contribution in [2.45, 2.75) is 107 Å². The standard InChI is InChI=1S/C49H68N18O9S2/c1-26-41(70)63-37(20-30-22-55-25-59-30)46(75)64-35(18-28-10-4-3-5-11-28)44(73)62-34(15-9-17-57-49(53)54)43(72)65-36(19-29-21-58-32-13-7-6-12-31(29)32)45(74)66-38(40(50)69)23-77-78-24-39(47(76)60-26)67-42(71)33(61-27(2)68)14-8-16-56-48(51)52/h3-7,10-13,21-22,25-26,33-39,58H,8-9,14-20,23-24H2,1-2H3,(H2,50,69)(H,55,59)(H,60,76)(H,61,68)(H,62,73)(H,63,70)(H,64,75)(H,65,72)(H,66,74)(H,67,71)(H4,51,52,56)(H4,53,54,57)/t26-,33-,34-,35-,36-,37-,38-,39-/m0/s1. The average molecular weight is 1120 g/mol. The highest BCUT2D eigenvalue weighted by atomic mass is 33.1. The molecular weight excluding hydrogens is 1050 g/mol. The molecule has 4 aromatic rings. The highest BCUT2D eigenvalue weighted by Crippen LogP contribution is 2.24. The zero-order valence-electron chi connectivity index (χ0n) is 43.0. The molecule has 3 heterocycles. The van der Waals surface area contributed by atoms with Gasteiger partial charge in [-0.15, -0.1) is 0 Å². The smallest absolute Gasteiger partial charge is 0.244 e. The first-order valence-electron chi connectivity index (χ1n) is 24.9. The Kier molecular flexibility index (Phi) is 23.6. The second-order valence-corrected chi connectivity index (χ2v) is 20.8. The van der Waals surface area contributed by atoms with Crippen LogP contribution < -0.4 is 71.2 Å². The zero-order chi connectivity index (χ0) is 56.7. The van der Waals surface area contributed by atoms with E-state index in [0.717, 1.165) is 32.5 Å². The maximum Gasteiger partial charge on any atom is 0.244 e. The van der Waals surface area contributed by atoms with Crippen molar-refractivity contribution in [3.05, 3.63) is 90.1 Å². The number of guanidine groups is 2. The lowest BCUT2D eigenvalue weighted by molar-refractivity contribution is -0.135. The fourth-order valence-corrected chi connectivity index (χ4v) is 10.4. The number of carbonyl (C=O) groups excluding carboxylic acids is 9. The normalized spacial score (nSPS) is 21.7. The van der Waals surface area contributed by atoms with Crippen LogP contribution >= 0.6 is 21.6 Å². The lowest BCUT2D eigenvalue weighted by Crippen LogP contribution is -2.61. The number of primary amides is 1. The van der Waals surface area contributed by atoms with Gasteiger partial charge in [0.1, 0.15) is 48.3 Å². The molecule has 1 saturated heterocycles. The van der Waals surface area contributed by atoms with E-state index in [1.54, 1.807) is 42.6 Å². The number of carbonyl (C=O) groups is 9. The molecule has 2 aromatic heterocycles. The number of nitrogens with one attached hydrogen (secondary N) is 10. The van der Waals surface area contributed by atoms with Crippen LogP contribution in [-0.2, 0) is 62.4 Å². The Hall–Kier alpha value is -8.34. The molecule has 27 nitrogen and oxygen atoms in total. The SMILES string of the molecule is CC(=O)N[C@@H](CCCN=C(N)N)C(=O)N[C@H]1CSSC[C@@H](C(N)=O)NC(=O)[C@H](Cc2c[nH]c3ccccc23)NC(=O)[C@H](CCCN=C(N)N)NC(=O)[C@H](Cc2ccccc2)NC(=O)[C@H](Cc2cnc[nH]2)NC(=O)[C@H](C)NC1=O. The molecule has 420 valence electrons. The van der Waals surface area contributed by atoms with Gasteiger partial charge in [-0.25, -0.2) is 4.98 Å². The number of rotatable bonds is 18. The Morgan fingerprint density at radius 2 is 1.27 bits per heavy atom. The molecule has 1 fully saturated rings. The number of hydrogen-bond acceptors (Lipinski definition) is 14. The molecule has 29 heteroatoms. The molecule has 1 aliphatic heterocycles. The molecule has 0 aliphatic carbocycles. The predicted octanol–water partition coefficient (Wildman–Crippen LogP) is -3.18. The molecule has 20 N–H and O–H groups in total. The number of aromatic nitrogens is 3. The van der Waals surface area contributed by atoms with Crippen molar-refractivity contribution in [3.63, 3.8) is 0 Å². The number of imidazole rings is 1. The topological polar surface area (TPSA) is 449 Å². The summed E-state index contributed by atoms with van der Waals surface area (Å²) in [6.45, 7) is 2.74.